The Kier molecular flexibility index (Phi) is 3.82. The zero-order valence-electron chi connectivity index (χ0n) is 7.55. The van der Waals surface area contributed by atoms with Gasteiger partial charge in [-0.05, 0) is 19.4 Å². The lowest BCUT2D eigenvalue weighted by Gasteiger charge is -2.12. The summed E-state index contributed by atoms with van der Waals surface area (Å²) in [5.74, 6) is 0.445. The van der Waals surface area contributed by atoms with Crippen LogP contribution in [0.25, 0.3) is 0 Å². The molecular formula is C9H11Cl2NO. The van der Waals surface area contributed by atoms with Crippen molar-refractivity contribution >= 4 is 23.2 Å². The second-order valence-corrected chi connectivity index (χ2v) is 3.62. The molecular weight excluding hydrogens is 209 g/mol. The number of rotatable bonds is 3. The average molecular weight is 220 g/mol. The molecule has 2 nitrogen and oxygen atoms in total. The summed E-state index contributed by atoms with van der Waals surface area (Å²) >= 11 is 11.5. The number of aromatic nitrogens is 1. The molecule has 1 heterocycles. The minimum Gasteiger partial charge on any atom is -0.474 e. The molecule has 0 radical (unpaired) electrons. The van der Waals surface area contributed by atoms with Gasteiger partial charge in [0.25, 0.3) is 0 Å². The third-order valence-electron chi connectivity index (χ3n) is 1.66. The van der Waals surface area contributed by atoms with Crippen molar-refractivity contribution in [2.45, 2.75) is 26.4 Å². The first-order valence-corrected chi connectivity index (χ1v) is 4.86. The van der Waals surface area contributed by atoms with E-state index in [9.17, 15) is 0 Å². The van der Waals surface area contributed by atoms with Crippen LogP contribution in [0.5, 0.6) is 5.88 Å². The molecule has 0 aromatic carbocycles. The molecule has 0 bridgehead atoms. The molecule has 0 aliphatic heterocycles. The van der Waals surface area contributed by atoms with Gasteiger partial charge in [-0.3, -0.25) is 0 Å². The van der Waals surface area contributed by atoms with E-state index in [4.69, 9.17) is 27.9 Å². The van der Waals surface area contributed by atoms with Gasteiger partial charge in [-0.1, -0.05) is 30.1 Å². The maximum atomic E-state index is 5.86. The van der Waals surface area contributed by atoms with Crippen molar-refractivity contribution in [3.63, 3.8) is 0 Å². The summed E-state index contributed by atoms with van der Waals surface area (Å²) in [6.45, 7) is 4.00. The highest BCUT2D eigenvalue weighted by Crippen LogP contribution is 2.25. The predicted octanol–water partition coefficient (Wildman–Crippen LogP) is 3.57. The summed E-state index contributed by atoms with van der Waals surface area (Å²) in [6, 6.07) is 1.62. The Bertz CT molecular complexity index is 291. The van der Waals surface area contributed by atoms with Crippen molar-refractivity contribution in [3.05, 3.63) is 22.3 Å². The summed E-state index contributed by atoms with van der Waals surface area (Å²) in [5, 5.41) is 0.967. The fraction of sp³-hybridized carbons (Fsp3) is 0.444. The zero-order chi connectivity index (χ0) is 9.84. The standard InChI is InChI=1S/C9H11Cl2NO/c1-3-6(2)13-9-8(11)4-7(10)5-12-9/h4-6H,3H2,1-2H3/t6-/m1/s1. The topological polar surface area (TPSA) is 22.1 Å². The molecule has 1 aromatic heterocycles. The molecule has 0 aliphatic carbocycles. The molecule has 0 aliphatic rings. The van der Waals surface area contributed by atoms with Crippen molar-refractivity contribution in [2.24, 2.45) is 0 Å². The first-order chi connectivity index (χ1) is 6.13. The summed E-state index contributed by atoms with van der Waals surface area (Å²) in [5.41, 5.74) is 0. The lowest BCUT2D eigenvalue weighted by atomic mass is 10.3. The first kappa shape index (κ1) is 10.6. The number of pyridine rings is 1. The van der Waals surface area contributed by atoms with E-state index in [1.807, 2.05) is 13.8 Å². The lowest BCUT2D eigenvalue weighted by molar-refractivity contribution is 0.209. The van der Waals surface area contributed by atoms with Gasteiger partial charge >= 0.3 is 0 Å². The summed E-state index contributed by atoms with van der Waals surface area (Å²) in [4.78, 5) is 3.98. The van der Waals surface area contributed by atoms with Crippen molar-refractivity contribution in [3.8, 4) is 5.88 Å². The number of hydrogen-bond acceptors (Lipinski definition) is 2. The van der Waals surface area contributed by atoms with Crippen LogP contribution in [-0.2, 0) is 0 Å². The third kappa shape index (κ3) is 3.05. The Labute approximate surface area is 87.8 Å². The normalized spacial score (nSPS) is 12.6. The Morgan fingerprint density at radius 2 is 2.23 bits per heavy atom. The molecule has 0 N–H and O–H groups in total. The quantitative estimate of drug-likeness (QED) is 0.776. The highest BCUT2D eigenvalue weighted by atomic mass is 35.5. The summed E-state index contributed by atoms with van der Waals surface area (Å²) in [6.07, 6.45) is 2.55. The van der Waals surface area contributed by atoms with E-state index in [1.165, 1.54) is 6.20 Å². The SMILES string of the molecule is CC[C@@H](C)Oc1ncc(Cl)cc1Cl. The minimum atomic E-state index is 0.117. The summed E-state index contributed by atoms with van der Waals surface area (Å²) < 4.78 is 5.45. The Morgan fingerprint density at radius 3 is 2.77 bits per heavy atom. The van der Waals surface area contributed by atoms with Crippen molar-refractivity contribution < 1.29 is 4.74 Å². The van der Waals surface area contributed by atoms with Crippen LogP contribution < -0.4 is 4.74 Å². The van der Waals surface area contributed by atoms with Crippen molar-refractivity contribution in [1.82, 2.24) is 4.98 Å². The minimum absolute atomic E-state index is 0.117. The Morgan fingerprint density at radius 1 is 1.54 bits per heavy atom. The molecule has 0 saturated carbocycles. The first-order valence-electron chi connectivity index (χ1n) is 4.11. The van der Waals surface area contributed by atoms with Crippen LogP contribution in [-0.4, -0.2) is 11.1 Å². The molecule has 0 saturated heterocycles. The van der Waals surface area contributed by atoms with Gasteiger partial charge < -0.3 is 4.74 Å². The third-order valence-corrected chi connectivity index (χ3v) is 2.14. The Hall–Kier alpha value is -0.470. The Balaban J connectivity index is 2.77. The predicted molar refractivity (Wildman–Crippen MR) is 54.6 cm³/mol. The van der Waals surface area contributed by atoms with Crippen LogP contribution in [0, 0.1) is 0 Å². The molecule has 0 unspecified atom stereocenters. The molecule has 0 fully saturated rings. The second kappa shape index (κ2) is 4.68. The molecule has 72 valence electrons. The summed E-state index contributed by atoms with van der Waals surface area (Å²) in [7, 11) is 0. The van der Waals surface area contributed by atoms with Crippen LogP contribution in [0.2, 0.25) is 10.0 Å². The van der Waals surface area contributed by atoms with Crippen LogP contribution in [0.1, 0.15) is 20.3 Å². The number of ether oxygens (including phenoxy) is 1. The van der Waals surface area contributed by atoms with Gasteiger partial charge in [0, 0.05) is 6.20 Å². The number of halogens is 2. The second-order valence-electron chi connectivity index (χ2n) is 2.78. The number of hydrogen-bond donors (Lipinski definition) is 0. The van der Waals surface area contributed by atoms with E-state index in [-0.39, 0.29) is 6.10 Å². The maximum absolute atomic E-state index is 5.86. The van der Waals surface area contributed by atoms with Gasteiger partial charge in [0.2, 0.25) is 5.88 Å². The fourth-order valence-electron chi connectivity index (χ4n) is 0.763. The zero-order valence-corrected chi connectivity index (χ0v) is 9.06. The molecule has 1 rings (SSSR count). The van der Waals surface area contributed by atoms with Crippen LogP contribution in [0.3, 0.4) is 0 Å². The van der Waals surface area contributed by atoms with E-state index in [2.05, 4.69) is 4.98 Å². The molecule has 4 heteroatoms. The maximum Gasteiger partial charge on any atom is 0.232 e. The highest BCUT2D eigenvalue weighted by molar-refractivity contribution is 6.35. The van der Waals surface area contributed by atoms with Crippen LogP contribution >= 0.6 is 23.2 Å². The van der Waals surface area contributed by atoms with Crippen LogP contribution in [0.15, 0.2) is 12.3 Å². The fourth-order valence-corrected chi connectivity index (χ4v) is 1.19. The molecule has 1 aromatic rings. The van der Waals surface area contributed by atoms with E-state index in [1.54, 1.807) is 6.07 Å². The molecule has 1 atom stereocenters. The molecule has 13 heavy (non-hydrogen) atoms. The van der Waals surface area contributed by atoms with E-state index in [0.29, 0.717) is 15.9 Å². The van der Waals surface area contributed by atoms with Gasteiger partial charge in [-0.2, -0.15) is 0 Å². The largest absolute Gasteiger partial charge is 0.474 e. The van der Waals surface area contributed by atoms with E-state index >= 15 is 0 Å². The molecule has 0 amide bonds. The monoisotopic (exact) mass is 219 g/mol. The van der Waals surface area contributed by atoms with Gasteiger partial charge in [-0.15, -0.1) is 0 Å². The highest BCUT2D eigenvalue weighted by Gasteiger charge is 2.07. The average Bonchev–Trinajstić information content (AvgIpc) is 2.09. The number of nitrogens with zero attached hydrogens (tertiary/aromatic N) is 1. The lowest BCUT2D eigenvalue weighted by Crippen LogP contribution is -2.10. The van der Waals surface area contributed by atoms with E-state index in [0.717, 1.165) is 6.42 Å². The van der Waals surface area contributed by atoms with Gasteiger partial charge in [0.1, 0.15) is 5.02 Å². The van der Waals surface area contributed by atoms with Gasteiger partial charge in [0.15, 0.2) is 0 Å². The smallest absolute Gasteiger partial charge is 0.232 e. The van der Waals surface area contributed by atoms with Crippen LogP contribution in [0.4, 0.5) is 0 Å². The molecule has 0 spiro atoms. The van der Waals surface area contributed by atoms with E-state index < -0.39 is 0 Å². The van der Waals surface area contributed by atoms with Crippen molar-refractivity contribution in [1.29, 1.82) is 0 Å². The van der Waals surface area contributed by atoms with Gasteiger partial charge in [-0.25, -0.2) is 4.98 Å². The van der Waals surface area contributed by atoms with Crippen molar-refractivity contribution in [2.75, 3.05) is 0 Å². The van der Waals surface area contributed by atoms with Gasteiger partial charge in [0.05, 0.1) is 11.1 Å².